The first kappa shape index (κ1) is 14.6. The minimum atomic E-state index is 0.361. The number of halogens is 4. The molecule has 2 rings (SSSR count). The summed E-state index contributed by atoms with van der Waals surface area (Å²) in [7, 11) is 0. The Labute approximate surface area is 131 Å². The Hall–Kier alpha value is -0.800. The first-order valence-electron chi connectivity index (χ1n) is 5.26. The summed E-state index contributed by atoms with van der Waals surface area (Å²) in [4.78, 5) is 0. The Kier molecular flexibility index (Phi) is 4.36. The van der Waals surface area contributed by atoms with Gasteiger partial charge in [-0.05, 0) is 24.6 Å². The summed E-state index contributed by atoms with van der Waals surface area (Å²) in [6.07, 6.45) is 0. The van der Waals surface area contributed by atoms with Crippen molar-refractivity contribution in [1.82, 2.24) is 0 Å². The molecule has 19 heavy (non-hydrogen) atoms. The summed E-state index contributed by atoms with van der Waals surface area (Å²) in [6.45, 7) is 1.85. The Morgan fingerprint density at radius 2 is 1.37 bits per heavy atom. The molecule has 2 aromatic carbocycles. The van der Waals surface area contributed by atoms with Crippen LogP contribution in [0.15, 0.2) is 24.3 Å². The number of anilines is 1. The third-order valence-corrected chi connectivity index (χ3v) is 3.83. The van der Waals surface area contributed by atoms with Crippen molar-refractivity contribution in [2.75, 3.05) is 5.73 Å². The van der Waals surface area contributed by atoms with Crippen LogP contribution in [0.2, 0.25) is 20.1 Å². The maximum Gasteiger partial charge on any atom is 0.147 e. The molecule has 0 aliphatic rings. The number of hydrogen-bond donors (Lipinski definition) is 1. The Balaban J connectivity index is 2.42. The molecule has 0 radical (unpaired) electrons. The number of ether oxygens (including phenoxy) is 1. The van der Waals surface area contributed by atoms with Crippen LogP contribution in [0.5, 0.6) is 11.5 Å². The third kappa shape index (κ3) is 3.21. The third-order valence-electron chi connectivity index (χ3n) is 2.49. The SMILES string of the molecule is Cc1cc(N)c(Cl)cc1Oc1cc(Cl)c(Cl)cc1Cl. The molecule has 0 spiro atoms. The molecule has 0 amide bonds. The predicted octanol–water partition coefficient (Wildman–Crippen LogP) is 5.98. The van der Waals surface area contributed by atoms with E-state index in [1.54, 1.807) is 18.2 Å². The van der Waals surface area contributed by atoms with Gasteiger partial charge >= 0.3 is 0 Å². The molecule has 2 N–H and O–H groups in total. The van der Waals surface area contributed by atoms with E-state index in [-0.39, 0.29) is 0 Å². The zero-order chi connectivity index (χ0) is 14.2. The predicted molar refractivity (Wildman–Crippen MR) is 82.1 cm³/mol. The van der Waals surface area contributed by atoms with Gasteiger partial charge in [0.1, 0.15) is 11.5 Å². The van der Waals surface area contributed by atoms with Crippen molar-refractivity contribution in [2.24, 2.45) is 0 Å². The van der Waals surface area contributed by atoms with Gasteiger partial charge in [-0.1, -0.05) is 46.4 Å². The summed E-state index contributed by atoms with van der Waals surface area (Å²) < 4.78 is 5.70. The van der Waals surface area contributed by atoms with Crippen LogP contribution in [-0.2, 0) is 0 Å². The molecule has 0 heterocycles. The lowest BCUT2D eigenvalue weighted by atomic mass is 10.2. The molecule has 0 unspecified atom stereocenters. The fraction of sp³-hybridized carbons (Fsp3) is 0.0769. The second-order valence-electron chi connectivity index (χ2n) is 3.94. The van der Waals surface area contributed by atoms with Gasteiger partial charge in [0.15, 0.2) is 0 Å². The fourth-order valence-electron chi connectivity index (χ4n) is 1.50. The maximum absolute atomic E-state index is 6.05. The van der Waals surface area contributed by atoms with E-state index in [1.165, 1.54) is 6.07 Å². The first-order valence-corrected chi connectivity index (χ1v) is 6.77. The lowest BCUT2D eigenvalue weighted by Crippen LogP contribution is -1.93. The van der Waals surface area contributed by atoms with E-state index < -0.39 is 0 Å². The number of nitrogens with two attached hydrogens (primary N) is 1. The van der Waals surface area contributed by atoms with E-state index in [1.807, 2.05) is 6.92 Å². The van der Waals surface area contributed by atoms with E-state index in [9.17, 15) is 0 Å². The number of nitrogen functional groups attached to an aromatic ring is 1. The molecule has 0 aliphatic heterocycles. The Morgan fingerprint density at radius 3 is 2.05 bits per heavy atom. The van der Waals surface area contributed by atoms with Crippen molar-refractivity contribution in [3.05, 3.63) is 49.9 Å². The van der Waals surface area contributed by atoms with Gasteiger partial charge in [0.25, 0.3) is 0 Å². The zero-order valence-corrected chi connectivity index (χ0v) is 12.8. The number of hydrogen-bond acceptors (Lipinski definition) is 2. The van der Waals surface area contributed by atoms with E-state index in [2.05, 4.69) is 0 Å². The highest BCUT2D eigenvalue weighted by Gasteiger charge is 2.11. The van der Waals surface area contributed by atoms with Crippen LogP contribution in [0.1, 0.15) is 5.56 Å². The summed E-state index contributed by atoms with van der Waals surface area (Å²) in [6, 6.07) is 6.43. The molecule has 0 saturated carbocycles. The van der Waals surface area contributed by atoms with Gasteiger partial charge in [0.05, 0.1) is 25.8 Å². The van der Waals surface area contributed by atoms with Gasteiger partial charge in [-0.15, -0.1) is 0 Å². The minimum Gasteiger partial charge on any atom is -0.455 e. The smallest absolute Gasteiger partial charge is 0.147 e. The molecular weight excluding hydrogens is 328 g/mol. The van der Waals surface area contributed by atoms with Crippen LogP contribution in [0.4, 0.5) is 5.69 Å². The molecule has 0 bridgehead atoms. The maximum atomic E-state index is 6.05. The monoisotopic (exact) mass is 335 g/mol. The van der Waals surface area contributed by atoms with Gasteiger partial charge in [-0.3, -0.25) is 0 Å². The van der Waals surface area contributed by atoms with Gasteiger partial charge in [0.2, 0.25) is 0 Å². The van der Waals surface area contributed by atoms with Gasteiger partial charge < -0.3 is 10.5 Å². The molecule has 0 aromatic heterocycles. The van der Waals surface area contributed by atoms with Crippen LogP contribution < -0.4 is 10.5 Å². The average Bonchev–Trinajstić information content (AvgIpc) is 2.32. The quantitative estimate of drug-likeness (QED) is 0.540. The molecule has 6 heteroatoms. The van der Waals surface area contributed by atoms with Crippen LogP contribution in [0, 0.1) is 6.92 Å². The minimum absolute atomic E-state index is 0.361. The van der Waals surface area contributed by atoms with Crippen LogP contribution in [-0.4, -0.2) is 0 Å². The zero-order valence-electron chi connectivity index (χ0n) is 9.81. The van der Waals surface area contributed by atoms with Gasteiger partial charge in [-0.25, -0.2) is 0 Å². The topological polar surface area (TPSA) is 35.2 Å². The lowest BCUT2D eigenvalue weighted by molar-refractivity contribution is 0.479. The summed E-state index contributed by atoms with van der Waals surface area (Å²) in [5, 5.41) is 1.50. The number of rotatable bonds is 2. The van der Waals surface area contributed by atoms with E-state index in [4.69, 9.17) is 56.9 Å². The standard InChI is InChI=1S/C13H9Cl4NO/c1-6-2-11(18)9(16)5-12(6)19-13-4-8(15)7(14)3-10(13)17/h2-5H,18H2,1H3. The van der Waals surface area contributed by atoms with Crippen molar-refractivity contribution >= 4 is 52.1 Å². The van der Waals surface area contributed by atoms with Crippen molar-refractivity contribution in [1.29, 1.82) is 0 Å². The molecule has 0 aliphatic carbocycles. The summed E-state index contributed by atoms with van der Waals surface area (Å²) in [5.41, 5.74) is 7.03. The highest BCUT2D eigenvalue weighted by Crippen LogP contribution is 2.38. The first-order chi connectivity index (χ1) is 8.88. The van der Waals surface area contributed by atoms with Crippen molar-refractivity contribution in [3.63, 3.8) is 0 Å². The summed E-state index contributed by atoms with van der Waals surface area (Å²) >= 11 is 23.8. The molecule has 0 saturated heterocycles. The Bertz CT molecular complexity index is 588. The molecular formula is C13H9Cl4NO. The number of aryl methyl sites for hydroxylation is 1. The van der Waals surface area contributed by atoms with E-state index in [0.29, 0.717) is 37.3 Å². The molecule has 2 nitrogen and oxygen atoms in total. The Morgan fingerprint density at radius 1 is 0.789 bits per heavy atom. The molecule has 2 aromatic rings. The second-order valence-corrected chi connectivity index (χ2v) is 5.57. The van der Waals surface area contributed by atoms with Crippen molar-refractivity contribution in [2.45, 2.75) is 6.92 Å². The highest BCUT2D eigenvalue weighted by molar-refractivity contribution is 6.43. The summed E-state index contributed by atoms with van der Waals surface area (Å²) in [5.74, 6) is 0.958. The van der Waals surface area contributed by atoms with Crippen LogP contribution >= 0.6 is 46.4 Å². The largest absolute Gasteiger partial charge is 0.455 e. The van der Waals surface area contributed by atoms with Gasteiger partial charge in [-0.2, -0.15) is 0 Å². The molecule has 100 valence electrons. The fourth-order valence-corrected chi connectivity index (χ4v) is 2.23. The molecule has 0 atom stereocenters. The highest BCUT2D eigenvalue weighted by atomic mass is 35.5. The number of benzene rings is 2. The van der Waals surface area contributed by atoms with Crippen LogP contribution in [0.3, 0.4) is 0 Å². The van der Waals surface area contributed by atoms with Gasteiger partial charge in [0, 0.05) is 12.1 Å². The van der Waals surface area contributed by atoms with Crippen molar-refractivity contribution in [3.8, 4) is 11.5 Å². The van der Waals surface area contributed by atoms with Crippen LogP contribution in [0.25, 0.3) is 0 Å². The lowest BCUT2D eigenvalue weighted by Gasteiger charge is -2.12. The van der Waals surface area contributed by atoms with Crippen molar-refractivity contribution < 1.29 is 4.74 Å². The second kappa shape index (κ2) is 5.68. The normalized spacial score (nSPS) is 10.6. The van der Waals surface area contributed by atoms with E-state index >= 15 is 0 Å². The van der Waals surface area contributed by atoms with E-state index in [0.717, 1.165) is 5.56 Å². The average molecular weight is 337 g/mol. The molecule has 0 fully saturated rings.